The first-order valence-corrected chi connectivity index (χ1v) is 7.36. The number of halogens is 1. The van der Waals surface area contributed by atoms with Crippen LogP contribution in [0.2, 0.25) is 5.02 Å². The number of nitrogens with one attached hydrogen (secondary N) is 1. The predicted octanol–water partition coefficient (Wildman–Crippen LogP) is 1.28. The van der Waals surface area contributed by atoms with E-state index in [1.54, 1.807) is 24.3 Å². The van der Waals surface area contributed by atoms with Crippen LogP contribution >= 0.6 is 11.6 Å². The summed E-state index contributed by atoms with van der Waals surface area (Å²) < 4.78 is 25.3. The van der Waals surface area contributed by atoms with Gasteiger partial charge in [0.25, 0.3) is 0 Å². The largest absolute Gasteiger partial charge is 0.481 e. The van der Waals surface area contributed by atoms with E-state index in [1.165, 1.54) is 0 Å². The normalized spacial score (nSPS) is 11.4. The van der Waals surface area contributed by atoms with Gasteiger partial charge >= 0.3 is 5.97 Å². The third-order valence-electron chi connectivity index (χ3n) is 2.21. The molecule has 0 fully saturated rings. The van der Waals surface area contributed by atoms with E-state index in [9.17, 15) is 13.2 Å². The molecule has 0 radical (unpaired) electrons. The smallest absolute Gasteiger partial charge is 0.304 e. The fraction of sp³-hybridized carbons (Fsp3) is 0.364. The van der Waals surface area contributed by atoms with Gasteiger partial charge in [-0.3, -0.25) is 4.79 Å². The van der Waals surface area contributed by atoms with Crippen molar-refractivity contribution in [1.82, 2.24) is 4.72 Å². The van der Waals surface area contributed by atoms with Crippen molar-refractivity contribution < 1.29 is 18.3 Å². The van der Waals surface area contributed by atoms with Crippen molar-refractivity contribution in [3.8, 4) is 0 Å². The molecule has 0 unspecified atom stereocenters. The number of hydrogen-bond donors (Lipinski definition) is 2. The highest BCUT2D eigenvalue weighted by molar-refractivity contribution is 7.89. The molecule has 1 aromatic carbocycles. The lowest BCUT2D eigenvalue weighted by Gasteiger charge is -2.05. The van der Waals surface area contributed by atoms with Gasteiger partial charge in [0, 0.05) is 11.6 Å². The molecule has 0 atom stereocenters. The topological polar surface area (TPSA) is 83.5 Å². The van der Waals surface area contributed by atoms with Gasteiger partial charge in [-0.2, -0.15) is 0 Å². The summed E-state index contributed by atoms with van der Waals surface area (Å²) in [4.78, 5) is 10.3. The molecule has 0 saturated carbocycles. The Morgan fingerprint density at radius 3 is 2.72 bits per heavy atom. The Kier molecular flexibility index (Phi) is 5.58. The molecule has 0 aliphatic heterocycles. The molecular weight excluding hydrogens is 278 g/mol. The van der Waals surface area contributed by atoms with Crippen LogP contribution in [0, 0.1) is 0 Å². The monoisotopic (exact) mass is 291 g/mol. The second-order valence-electron chi connectivity index (χ2n) is 3.74. The molecule has 2 N–H and O–H groups in total. The summed E-state index contributed by atoms with van der Waals surface area (Å²) in [6, 6.07) is 6.96. The van der Waals surface area contributed by atoms with Crippen molar-refractivity contribution in [3.63, 3.8) is 0 Å². The molecule has 1 rings (SSSR count). The molecule has 7 heteroatoms. The highest BCUT2D eigenvalue weighted by atomic mass is 35.5. The second-order valence-corrected chi connectivity index (χ2v) is 6.10. The van der Waals surface area contributed by atoms with Crippen molar-refractivity contribution in [2.24, 2.45) is 0 Å². The van der Waals surface area contributed by atoms with E-state index in [0.29, 0.717) is 11.4 Å². The fourth-order valence-corrected chi connectivity index (χ4v) is 2.61. The maximum Gasteiger partial charge on any atom is 0.304 e. The first-order chi connectivity index (χ1) is 8.39. The summed E-state index contributed by atoms with van der Waals surface area (Å²) in [5, 5.41) is 8.96. The van der Waals surface area contributed by atoms with Gasteiger partial charge in [0.2, 0.25) is 10.0 Å². The van der Waals surface area contributed by atoms with E-state index in [-0.39, 0.29) is 18.7 Å². The third-order valence-corrected chi connectivity index (χ3v) is 3.83. The summed E-state index contributed by atoms with van der Waals surface area (Å²) >= 11 is 5.78. The summed E-state index contributed by atoms with van der Waals surface area (Å²) in [5.41, 5.74) is 0.825. The Morgan fingerprint density at radius 1 is 1.39 bits per heavy atom. The van der Waals surface area contributed by atoms with E-state index in [1.807, 2.05) is 0 Å². The Balaban J connectivity index is 2.44. The van der Waals surface area contributed by atoms with Crippen LogP contribution in [0.1, 0.15) is 12.0 Å². The molecule has 5 nitrogen and oxygen atoms in total. The van der Waals surface area contributed by atoms with Crippen molar-refractivity contribution in [2.45, 2.75) is 12.8 Å². The van der Waals surface area contributed by atoms with Gasteiger partial charge in [-0.25, -0.2) is 13.1 Å². The maximum atomic E-state index is 11.5. The molecule has 0 bridgehead atoms. The van der Waals surface area contributed by atoms with Crippen LogP contribution in [-0.4, -0.2) is 31.8 Å². The van der Waals surface area contributed by atoms with Gasteiger partial charge in [0.15, 0.2) is 0 Å². The molecule has 1 aromatic rings. The van der Waals surface area contributed by atoms with Crippen LogP contribution in [0.15, 0.2) is 24.3 Å². The van der Waals surface area contributed by atoms with Gasteiger partial charge in [-0.15, -0.1) is 0 Å². The van der Waals surface area contributed by atoms with Crippen molar-refractivity contribution in [2.75, 3.05) is 12.3 Å². The van der Waals surface area contributed by atoms with Crippen molar-refractivity contribution >= 4 is 27.6 Å². The SMILES string of the molecule is O=C(O)CCNS(=O)(=O)CCc1cccc(Cl)c1. The van der Waals surface area contributed by atoms with Crippen LogP contribution in [0.25, 0.3) is 0 Å². The molecular formula is C11H14ClNO4S. The number of sulfonamides is 1. The molecule has 0 heterocycles. The lowest BCUT2D eigenvalue weighted by molar-refractivity contribution is -0.136. The predicted molar refractivity (Wildman–Crippen MR) is 69.2 cm³/mol. The van der Waals surface area contributed by atoms with Crippen LogP contribution in [0.4, 0.5) is 0 Å². The number of benzene rings is 1. The molecule has 100 valence electrons. The molecule has 18 heavy (non-hydrogen) atoms. The van der Waals surface area contributed by atoms with Gasteiger partial charge in [0.1, 0.15) is 0 Å². The number of carbonyl (C=O) groups is 1. The van der Waals surface area contributed by atoms with Crippen molar-refractivity contribution in [3.05, 3.63) is 34.9 Å². The minimum absolute atomic E-state index is 0.0901. The Morgan fingerprint density at radius 2 is 2.11 bits per heavy atom. The zero-order valence-corrected chi connectivity index (χ0v) is 11.2. The highest BCUT2D eigenvalue weighted by Gasteiger charge is 2.10. The summed E-state index contributed by atoms with van der Waals surface area (Å²) in [7, 11) is -3.44. The average Bonchev–Trinajstić information content (AvgIpc) is 2.26. The van der Waals surface area contributed by atoms with Crippen LogP contribution in [0.5, 0.6) is 0 Å². The molecule has 0 saturated heterocycles. The van der Waals surface area contributed by atoms with Crippen LogP contribution in [-0.2, 0) is 21.2 Å². The summed E-state index contributed by atoms with van der Waals surface area (Å²) in [5.74, 6) is -1.13. The number of carboxylic acids is 1. The summed E-state index contributed by atoms with van der Waals surface area (Å²) in [6.07, 6.45) is 0.110. The first kappa shape index (κ1) is 14.9. The Labute approximate surface area is 111 Å². The number of rotatable bonds is 7. The van der Waals surface area contributed by atoms with Crippen LogP contribution < -0.4 is 4.72 Å². The zero-order valence-electron chi connectivity index (χ0n) is 9.60. The second kappa shape index (κ2) is 6.72. The molecule has 0 aliphatic rings. The lowest BCUT2D eigenvalue weighted by atomic mass is 10.2. The quantitative estimate of drug-likeness (QED) is 0.792. The highest BCUT2D eigenvalue weighted by Crippen LogP contribution is 2.11. The van der Waals surface area contributed by atoms with Crippen molar-refractivity contribution in [1.29, 1.82) is 0 Å². The van der Waals surface area contributed by atoms with Gasteiger partial charge in [0.05, 0.1) is 12.2 Å². The molecule has 0 aromatic heterocycles. The fourth-order valence-electron chi connectivity index (χ4n) is 1.33. The molecule has 0 amide bonds. The zero-order chi connectivity index (χ0) is 13.6. The standard InChI is InChI=1S/C11H14ClNO4S/c12-10-3-1-2-9(8-10)5-7-18(16,17)13-6-4-11(14)15/h1-3,8,13H,4-7H2,(H,14,15). The minimum atomic E-state index is -3.44. The number of aliphatic carboxylic acids is 1. The van der Waals surface area contributed by atoms with Gasteiger partial charge < -0.3 is 5.11 Å². The number of hydrogen-bond acceptors (Lipinski definition) is 3. The number of aryl methyl sites for hydroxylation is 1. The third kappa shape index (κ3) is 6.00. The average molecular weight is 292 g/mol. The molecule has 0 spiro atoms. The Bertz CT molecular complexity index is 516. The van der Waals surface area contributed by atoms with Crippen LogP contribution in [0.3, 0.4) is 0 Å². The number of carboxylic acid groups (broad SMARTS) is 1. The maximum absolute atomic E-state index is 11.5. The lowest BCUT2D eigenvalue weighted by Crippen LogP contribution is -2.29. The summed E-state index contributed by atoms with van der Waals surface area (Å²) in [6.45, 7) is -0.0901. The van der Waals surface area contributed by atoms with E-state index in [2.05, 4.69) is 4.72 Å². The van der Waals surface area contributed by atoms with E-state index >= 15 is 0 Å². The van der Waals surface area contributed by atoms with E-state index < -0.39 is 16.0 Å². The van der Waals surface area contributed by atoms with E-state index in [0.717, 1.165) is 5.56 Å². The van der Waals surface area contributed by atoms with E-state index in [4.69, 9.17) is 16.7 Å². The van der Waals surface area contributed by atoms with Gasteiger partial charge in [-0.1, -0.05) is 23.7 Å². The Hall–Kier alpha value is -1.11. The first-order valence-electron chi connectivity index (χ1n) is 5.32. The minimum Gasteiger partial charge on any atom is -0.481 e. The molecule has 0 aliphatic carbocycles. The van der Waals surface area contributed by atoms with Gasteiger partial charge in [-0.05, 0) is 24.1 Å².